The van der Waals surface area contributed by atoms with Gasteiger partial charge in [-0.25, -0.2) is 4.39 Å². The number of carbonyl (C=O) groups is 1. The average Bonchev–Trinajstić information content (AvgIpc) is 3.06. The lowest BCUT2D eigenvalue weighted by Crippen LogP contribution is -2.30. The van der Waals surface area contributed by atoms with Crippen molar-refractivity contribution in [1.29, 1.82) is 0 Å². The van der Waals surface area contributed by atoms with Gasteiger partial charge in [0, 0.05) is 18.1 Å². The van der Waals surface area contributed by atoms with Gasteiger partial charge in [-0.15, -0.1) is 0 Å². The molecular weight excluding hydrogens is 321 g/mol. The van der Waals surface area contributed by atoms with Crippen LogP contribution in [0.2, 0.25) is 0 Å². The van der Waals surface area contributed by atoms with Gasteiger partial charge in [-0.3, -0.25) is 4.79 Å². The molecule has 3 aromatic rings. The number of amides is 1. The molecule has 0 radical (unpaired) electrons. The Labute approximate surface area is 144 Å². The molecule has 1 heterocycles. The molecule has 1 atom stereocenters. The zero-order valence-electron chi connectivity index (χ0n) is 14.0. The van der Waals surface area contributed by atoms with E-state index >= 15 is 0 Å². The summed E-state index contributed by atoms with van der Waals surface area (Å²) < 4.78 is 19.2. The van der Waals surface area contributed by atoms with Crippen molar-refractivity contribution in [2.75, 3.05) is 0 Å². The zero-order valence-corrected chi connectivity index (χ0v) is 14.0. The topological polar surface area (TPSA) is 68.0 Å². The van der Waals surface area contributed by atoms with Crippen molar-refractivity contribution in [3.63, 3.8) is 0 Å². The largest absolute Gasteiger partial charge is 0.340 e. The lowest BCUT2D eigenvalue weighted by molar-refractivity contribution is 0.0940. The van der Waals surface area contributed by atoms with Crippen molar-refractivity contribution in [3.05, 3.63) is 82.8 Å². The Morgan fingerprint density at radius 3 is 2.52 bits per heavy atom. The van der Waals surface area contributed by atoms with E-state index in [-0.39, 0.29) is 17.3 Å². The molecular formula is C19H18FN3O2. The van der Waals surface area contributed by atoms with Crippen LogP contribution in [0.5, 0.6) is 0 Å². The van der Waals surface area contributed by atoms with E-state index in [4.69, 9.17) is 4.52 Å². The molecule has 0 aliphatic rings. The van der Waals surface area contributed by atoms with Crippen LogP contribution in [0, 0.1) is 12.7 Å². The predicted octanol–water partition coefficient (Wildman–Crippen LogP) is 3.60. The minimum atomic E-state index is -0.836. The van der Waals surface area contributed by atoms with Gasteiger partial charge in [0.1, 0.15) is 11.9 Å². The molecule has 0 saturated heterocycles. The summed E-state index contributed by atoms with van der Waals surface area (Å²) >= 11 is 0. The Bertz CT molecular complexity index is 874. The van der Waals surface area contributed by atoms with Crippen LogP contribution in [0.1, 0.15) is 46.2 Å². The summed E-state index contributed by atoms with van der Waals surface area (Å²) in [7, 11) is 0. The van der Waals surface area contributed by atoms with Gasteiger partial charge in [0.2, 0.25) is 5.89 Å². The van der Waals surface area contributed by atoms with Crippen LogP contribution in [-0.2, 0) is 6.42 Å². The molecule has 0 bridgehead atoms. The quantitative estimate of drug-likeness (QED) is 0.771. The number of nitrogens with one attached hydrogen (secondary N) is 1. The highest BCUT2D eigenvalue weighted by Gasteiger charge is 2.25. The van der Waals surface area contributed by atoms with Crippen LogP contribution in [0.15, 0.2) is 53.1 Å². The van der Waals surface area contributed by atoms with Gasteiger partial charge in [0.05, 0.1) is 0 Å². The third kappa shape index (κ3) is 3.74. The number of carbonyl (C=O) groups excluding carboxylic acids is 1. The van der Waals surface area contributed by atoms with E-state index in [0.29, 0.717) is 11.5 Å². The molecule has 25 heavy (non-hydrogen) atoms. The number of aromatic nitrogens is 2. The first-order valence-electron chi connectivity index (χ1n) is 8.03. The first-order chi connectivity index (χ1) is 12.1. The number of halogens is 1. The highest BCUT2D eigenvalue weighted by molar-refractivity contribution is 5.94. The van der Waals surface area contributed by atoms with Gasteiger partial charge in [-0.05, 0) is 30.2 Å². The summed E-state index contributed by atoms with van der Waals surface area (Å²) in [6.45, 7) is 3.68. The minimum Gasteiger partial charge on any atom is -0.340 e. The third-order valence-corrected chi connectivity index (χ3v) is 3.92. The molecule has 1 N–H and O–H groups in total. The molecule has 0 saturated carbocycles. The lowest BCUT2D eigenvalue weighted by atomic mass is 10.0. The Morgan fingerprint density at radius 1 is 1.20 bits per heavy atom. The standard InChI is InChI=1S/C19H18FN3O2/c1-3-13-8-10-14(11-9-13)19(24)22-17(18-21-12(2)25-23-18)15-6-4-5-7-16(15)20/h4-11,17H,3H2,1-2H3,(H,22,24)/t17-/m0/s1. The number of hydrogen-bond donors (Lipinski definition) is 1. The summed E-state index contributed by atoms with van der Waals surface area (Å²) in [6, 6.07) is 12.6. The Kier molecular flexibility index (Phi) is 4.88. The van der Waals surface area contributed by atoms with Gasteiger partial charge in [0.25, 0.3) is 5.91 Å². The first-order valence-corrected chi connectivity index (χ1v) is 8.03. The average molecular weight is 339 g/mol. The van der Waals surface area contributed by atoms with Crippen molar-refractivity contribution in [2.45, 2.75) is 26.3 Å². The number of hydrogen-bond acceptors (Lipinski definition) is 4. The van der Waals surface area contributed by atoms with E-state index < -0.39 is 11.9 Å². The summed E-state index contributed by atoms with van der Waals surface area (Å²) in [5.41, 5.74) is 1.90. The fourth-order valence-corrected chi connectivity index (χ4v) is 2.53. The van der Waals surface area contributed by atoms with E-state index in [1.54, 1.807) is 37.3 Å². The number of benzene rings is 2. The second-order valence-electron chi connectivity index (χ2n) is 5.65. The summed E-state index contributed by atoms with van der Waals surface area (Å²) in [5.74, 6) is -0.228. The molecule has 0 spiro atoms. The van der Waals surface area contributed by atoms with Crippen molar-refractivity contribution in [3.8, 4) is 0 Å². The van der Waals surface area contributed by atoms with Crippen LogP contribution in [0.3, 0.4) is 0 Å². The fraction of sp³-hybridized carbons (Fsp3) is 0.211. The van der Waals surface area contributed by atoms with E-state index in [0.717, 1.165) is 12.0 Å². The molecule has 0 unspecified atom stereocenters. The molecule has 1 amide bonds. The van der Waals surface area contributed by atoms with Crippen LogP contribution >= 0.6 is 0 Å². The van der Waals surface area contributed by atoms with E-state index in [1.165, 1.54) is 6.07 Å². The van der Waals surface area contributed by atoms with Gasteiger partial charge in [-0.2, -0.15) is 4.98 Å². The lowest BCUT2D eigenvalue weighted by Gasteiger charge is -2.16. The Morgan fingerprint density at radius 2 is 1.92 bits per heavy atom. The van der Waals surface area contributed by atoms with Crippen molar-refractivity contribution >= 4 is 5.91 Å². The predicted molar refractivity (Wildman–Crippen MR) is 90.6 cm³/mol. The van der Waals surface area contributed by atoms with Crippen LogP contribution in [0.4, 0.5) is 4.39 Å². The van der Waals surface area contributed by atoms with E-state index in [9.17, 15) is 9.18 Å². The molecule has 0 aliphatic carbocycles. The molecule has 6 heteroatoms. The molecule has 128 valence electrons. The maximum atomic E-state index is 14.2. The van der Waals surface area contributed by atoms with E-state index in [2.05, 4.69) is 15.5 Å². The maximum absolute atomic E-state index is 14.2. The highest BCUT2D eigenvalue weighted by atomic mass is 19.1. The monoisotopic (exact) mass is 339 g/mol. The van der Waals surface area contributed by atoms with E-state index in [1.807, 2.05) is 19.1 Å². The molecule has 5 nitrogen and oxygen atoms in total. The highest BCUT2D eigenvalue weighted by Crippen LogP contribution is 2.23. The van der Waals surface area contributed by atoms with Gasteiger partial charge >= 0.3 is 0 Å². The zero-order chi connectivity index (χ0) is 17.8. The molecule has 2 aromatic carbocycles. The van der Waals surface area contributed by atoms with Gasteiger partial charge < -0.3 is 9.84 Å². The van der Waals surface area contributed by atoms with Crippen molar-refractivity contribution in [1.82, 2.24) is 15.5 Å². The second kappa shape index (κ2) is 7.25. The maximum Gasteiger partial charge on any atom is 0.252 e. The Balaban J connectivity index is 1.92. The molecule has 3 rings (SSSR count). The van der Waals surface area contributed by atoms with Crippen molar-refractivity contribution < 1.29 is 13.7 Å². The fourth-order valence-electron chi connectivity index (χ4n) is 2.53. The van der Waals surface area contributed by atoms with Crippen LogP contribution in [0.25, 0.3) is 0 Å². The minimum absolute atomic E-state index is 0.209. The molecule has 0 aliphatic heterocycles. The summed E-state index contributed by atoms with van der Waals surface area (Å²) in [4.78, 5) is 16.7. The van der Waals surface area contributed by atoms with Gasteiger partial charge in [-0.1, -0.05) is 42.4 Å². The number of rotatable bonds is 5. The van der Waals surface area contributed by atoms with Gasteiger partial charge in [0.15, 0.2) is 5.82 Å². The second-order valence-corrected chi connectivity index (χ2v) is 5.65. The number of nitrogens with zero attached hydrogens (tertiary/aromatic N) is 2. The van der Waals surface area contributed by atoms with Crippen LogP contribution < -0.4 is 5.32 Å². The van der Waals surface area contributed by atoms with Crippen molar-refractivity contribution in [2.24, 2.45) is 0 Å². The molecule has 1 aromatic heterocycles. The first kappa shape index (κ1) is 16.8. The normalized spacial score (nSPS) is 12.0. The SMILES string of the molecule is CCc1ccc(C(=O)N[C@H](c2noc(C)n2)c2ccccc2F)cc1. The smallest absolute Gasteiger partial charge is 0.252 e. The Hall–Kier alpha value is -3.02. The third-order valence-electron chi connectivity index (χ3n) is 3.92. The summed E-state index contributed by atoms with van der Waals surface area (Å²) in [5, 5.41) is 6.63. The number of aryl methyl sites for hydroxylation is 2. The molecule has 0 fully saturated rings. The summed E-state index contributed by atoms with van der Waals surface area (Å²) in [6.07, 6.45) is 0.891. The van der Waals surface area contributed by atoms with Crippen LogP contribution in [-0.4, -0.2) is 16.0 Å².